The quantitative estimate of drug-likeness (QED) is 0.261. The molecule has 0 bridgehead atoms. The highest BCUT2D eigenvalue weighted by molar-refractivity contribution is 6.09. The lowest BCUT2D eigenvalue weighted by molar-refractivity contribution is 0.568. The van der Waals surface area contributed by atoms with Gasteiger partial charge in [-0.25, -0.2) is 0 Å². The first-order valence-corrected chi connectivity index (χ1v) is 12.3. The highest BCUT2D eigenvalue weighted by Crippen LogP contribution is 2.37. The molecule has 1 aromatic heterocycles. The number of hydrogen-bond donors (Lipinski definition) is 0. The molecule has 172 valence electrons. The minimum atomic E-state index is 0.0766. The Kier molecular flexibility index (Phi) is 5.40. The number of benzene rings is 4. The van der Waals surface area contributed by atoms with Crippen LogP contribution in [0, 0.1) is 0 Å². The minimum absolute atomic E-state index is 0.0766. The van der Waals surface area contributed by atoms with Crippen LogP contribution in [-0.2, 0) is 17.3 Å². The molecule has 0 aliphatic carbocycles. The van der Waals surface area contributed by atoms with E-state index in [0.29, 0.717) is 0 Å². The average molecular weight is 446 g/mol. The summed E-state index contributed by atoms with van der Waals surface area (Å²) >= 11 is 0. The van der Waals surface area contributed by atoms with Crippen molar-refractivity contribution in [3.05, 3.63) is 113 Å². The summed E-state index contributed by atoms with van der Waals surface area (Å²) in [5.74, 6) is 0. The van der Waals surface area contributed by atoms with Gasteiger partial charge in [-0.3, -0.25) is 0 Å². The van der Waals surface area contributed by atoms with Crippen molar-refractivity contribution < 1.29 is 0 Å². The lowest BCUT2D eigenvalue weighted by Gasteiger charge is -2.26. The van der Waals surface area contributed by atoms with Gasteiger partial charge in [-0.05, 0) is 63.8 Å². The fraction of sp³-hybridized carbons (Fsp3) is 0.273. The minimum Gasteiger partial charge on any atom is -0.309 e. The maximum atomic E-state index is 2.48. The predicted molar refractivity (Wildman–Crippen MR) is 147 cm³/mol. The summed E-state index contributed by atoms with van der Waals surface area (Å²) in [6.45, 7) is 13.8. The van der Waals surface area contributed by atoms with Gasteiger partial charge in [0.05, 0.1) is 11.0 Å². The summed E-state index contributed by atoms with van der Waals surface area (Å²) in [7, 11) is 0. The van der Waals surface area contributed by atoms with Crippen LogP contribution < -0.4 is 0 Å². The monoisotopic (exact) mass is 445 g/mol. The molecule has 5 aromatic rings. The molecule has 0 radical (unpaired) electrons. The van der Waals surface area contributed by atoms with Gasteiger partial charge in [0.2, 0.25) is 0 Å². The van der Waals surface area contributed by atoms with Gasteiger partial charge in [0.1, 0.15) is 0 Å². The van der Waals surface area contributed by atoms with Crippen LogP contribution in [0.3, 0.4) is 0 Å². The Morgan fingerprint density at radius 2 is 1.12 bits per heavy atom. The molecule has 0 saturated carbocycles. The second-order valence-corrected chi connectivity index (χ2v) is 11.6. The van der Waals surface area contributed by atoms with Gasteiger partial charge >= 0.3 is 0 Å². The first-order chi connectivity index (χ1) is 16.1. The molecule has 0 aliphatic rings. The summed E-state index contributed by atoms with van der Waals surface area (Å²) in [4.78, 5) is 0. The second kappa shape index (κ2) is 8.17. The molecular weight excluding hydrogens is 410 g/mol. The largest absolute Gasteiger partial charge is 0.309 e. The molecule has 0 spiro atoms. The Hall–Kier alpha value is -3.32. The summed E-state index contributed by atoms with van der Waals surface area (Å²) in [6, 6.07) is 33.7. The van der Waals surface area contributed by atoms with Crippen molar-refractivity contribution in [1.29, 1.82) is 0 Å². The first kappa shape index (κ1) is 22.5. The van der Waals surface area contributed by atoms with Gasteiger partial charge in [0.15, 0.2) is 0 Å². The molecule has 34 heavy (non-hydrogen) atoms. The van der Waals surface area contributed by atoms with E-state index in [2.05, 4.69) is 137 Å². The third-order valence-electron chi connectivity index (χ3n) is 6.90. The van der Waals surface area contributed by atoms with Crippen LogP contribution in [0.2, 0.25) is 0 Å². The molecule has 0 aliphatic heterocycles. The molecule has 0 saturated heterocycles. The standard InChI is InChI=1S/C33H35N/c1-32(2,3)25-20-26(33(4,5)6)22-27(21-25)34-30-15-11-10-14-28(30)29-17-16-24(19-31(29)34)18-23-12-8-7-9-13-23/h7-17,19-22H,18H2,1-6H3. The molecule has 1 heteroatoms. The number of rotatable bonds is 3. The van der Waals surface area contributed by atoms with Gasteiger partial charge in [-0.15, -0.1) is 0 Å². The van der Waals surface area contributed by atoms with Crippen LogP contribution in [0.15, 0.2) is 91.0 Å². The van der Waals surface area contributed by atoms with E-state index in [1.807, 2.05) is 0 Å². The van der Waals surface area contributed by atoms with E-state index in [9.17, 15) is 0 Å². The predicted octanol–water partition coefficient (Wildman–Crippen LogP) is 8.97. The van der Waals surface area contributed by atoms with Crippen molar-refractivity contribution in [2.75, 3.05) is 0 Å². The van der Waals surface area contributed by atoms with Crippen LogP contribution in [0.25, 0.3) is 27.5 Å². The number of para-hydroxylation sites is 1. The summed E-state index contributed by atoms with van der Waals surface area (Å²) in [6.07, 6.45) is 0.938. The van der Waals surface area contributed by atoms with Gasteiger partial charge in [-0.2, -0.15) is 0 Å². The maximum absolute atomic E-state index is 2.48. The molecule has 5 rings (SSSR count). The first-order valence-electron chi connectivity index (χ1n) is 12.3. The van der Waals surface area contributed by atoms with Crippen molar-refractivity contribution >= 4 is 21.8 Å². The van der Waals surface area contributed by atoms with Crippen LogP contribution in [0.5, 0.6) is 0 Å². The fourth-order valence-corrected chi connectivity index (χ4v) is 4.84. The molecule has 0 N–H and O–H groups in total. The van der Waals surface area contributed by atoms with Crippen molar-refractivity contribution in [3.63, 3.8) is 0 Å². The molecule has 0 amide bonds. The van der Waals surface area contributed by atoms with Crippen LogP contribution in [0.4, 0.5) is 0 Å². The van der Waals surface area contributed by atoms with E-state index in [4.69, 9.17) is 0 Å². The topological polar surface area (TPSA) is 4.93 Å². The van der Waals surface area contributed by atoms with E-state index >= 15 is 0 Å². The van der Waals surface area contributed by atoms with Gasteiger partial charge in [0, 0.05) is 16.5 Å². The number of aromatic nitrogens is 1. The molecule has 0 unspecified atom stereocenters. The van der Waals surface area contributed by atoms with E-state index in [1.54, 1.807) is 0 Å². The van der Waals surface area contributed by atoms with Gasteiger partial charge < -0.3 is 4.57 Å². The molecule has 0 atom stereocenters. The zero-order valence-electron chi connectivity index (χ0n) is 21.3. The lowest BCUT2D eigenvalue weighted by atomic mass is 9.80. The van der Waals surface area contributed by atoms with Crippen molar-refractivity contribution in [2.45, 2.75) is 58.8 Å². The highest BCUT2D eigenvalue weighted by atomic mass is 15.0. The number of fused-ring (bicyclic) bond motifs is 3. The zero-order chi connectivity index (χ0) is 24.1. The van der Waals surface area contributed by atoms with Crippen molar-refractivity contribution in [3.8, 4) is 5.69 Å². The summed E-state index contributed by atoms with van der Waals surface area (Å²) in [5, 5.41) is 2.62. The molecule has 0 fully saturated rings. The fourth-order valence-electron chi connectivity index (χ4n) is 4.84. The Morgan fingerprint density at radius 1 is 0.529 bits per heavy atom. The van der Waals surface area contributed by atoms with E-state index < -0.39 is 0 Å². The Morgan fingerprint density at radius 3 is 1.76 bits per heavy atom. The van der Waals surface area contributed by atoms with Crippen LogP contribution in [-0.4, -0.2) is 4.57 Å². The zero-order valence-corrected chi connectivity index (χ0v) is 21.3. The summed E-state index contributed by atoms with van der Waals surface area (Å²) in [5.41, 5.74) is 9.38. The Balaban J connectivity index is 1.79. The third-order valence-corrected chi connectivity index (χ3v) is 6.90. The summed E-state index contributed by atoms with van der Waals surface area (Å²) < 4.78 is 2.48. The normalized spacial score (nSPS) is 12.5. The smallest absolute Gasteiger partial charge is 0.0543 e. The van der Waals surface area contributed by atoms with Crippen LogP contribution in [0.1, 0.15) is 63.8 Å². The molecular formula is C33H35N. The van der Waals surface area contributed by atoms with Crippen LogP contribution >= 0.6 is 0 Å². The molecule has 1 nitrogen and oxygen atoms in total. The van der Waals surface area contributed by atoms with E-state index in [1.165, 1.54) is 49.7 Å². The SMILES string of the molecule is CC(C)(C)c1cc(-n2c3ccccc3c3ccc(Cc4ccccc4)cc32)cc(C(C)(C)C)c1. The van der Waals surface area contributed by atoms with Crippen molar-refractivity contribution in [1.82, 2.24) is 4.57 Å². The molecule has 1 heterocycles. The van der Waals surface area contributed by atoms with E-state index in [-0.39, 0.29) is 10.8 Å². The number of hydrogen-bond acceptors (Lipinski definition) is 0. The Bertz CT molecular complexity index is 1440. The molecule has 4 aromatic carbocycles. The maximum Gasteiger partial charge on any atom is 0.0543 e. The van der Waals surface area contributed by atoms with Gasteiger partial charge in [0.25, 0.3) is 0 Å². The van der Waals surface area contributed by atoms with Crippen molar-refractivity contribution in [2.24, 2.45) is 0 Å². The third kappa shape index (κ3) is 4.16. The van der Waals surface area contributed by atoms with Gasteiger partial charge in [-0.1, -0.05) is 108 Å². The lowest BCUT2D eigenvalue weighted by Crippen LogP contribution is -2.17. The Labute approximate surface area is 204 Å². The van der Waals surface area contributed by atoms with E-state index in [0.717, 1.165) is 6.42 Å². The average Bonchev–Trinajstić information content (AvgIpc) is 3.12. The number of nitrogens with zero attached hydrogens (tertiary/aromatic N) is 1. The highest BCUT2D eigenvalue weighted by Gasteiger charge is 2.22. The second-order valence-electron chi connectivity index (χ2n) is 11.6.